The van der Waals surface area contributed by atoms with Crippen molar-refractivity contribution in [1.82, 2.24) is 0 Å². The first-order chi connectivity index (χ1) is 39.9. The fraction of sp³-hybridized carbons (Fsp3) is 0.108. The van der Waals surface area contributed by atoms with E-state index in [-0.39, 0.29) is 24.3 Å². The van der Waals surface area contributed by atoms with Crippen molar-refractivity contribution in [3.05, 3.63) is 266 Å². The average Bonchev–Trinajstić information content (AvgIpc) is 1.11. The lowest BCUT2D eigenvalue weighted by atomic mass is 9.30. The maximum Gasteiger partial charge on any atom is 0.252 e. The number of anilines is 12. The molecule has 0 radical (unpaired) electrons. The Kier molecular flexibility index (Phi) is 11.4. The Balaban J connectivity index is 1.01. The van der Waals surface area contributed by atoms with Crippen molar-refractivity contribution in [3.63, 3.8) is 0 Å². The average molecular weight is 1060 g/mol. The van der Waals surface area contributed by atoms with Gasteiger partial charge < -0.3 is 29.1 Å². The van der Waals surface area contributed by atoms with Crippen LogP contribution in [0.2, 0.25) is 0 Å². The van der Waals surface area contributed by atoms with Crippen molar-refractivity contribution in [2.45, 2.75) is 52.4 Å². The SMILES string of the molecule is CC(C)(C)c1ccc(Oc2cc3c4c(c2)N(c2ccccc2)c2cc5c(cc2B4c2ccccc2N3c2ccccc2)B2c3ccccc3N(c3ccccc3)c3cc(Oc4ccc(C(C)(C)C)cc4)cc(c32)N5c2ccccc2)cc1. The van der Waals surface area contributed by atoms with Gasteiger partial charge in [0.15, 0.2) is 0 Å². The van der Waals surface area contributed by atoms with Gasteiger partial charge in [0.05, 0.1) is 0 Å². The summed E-state index contributed by atoms with van der Waals surface area (Å²) in [7, 11) is 0. The molecule has 0 atom stereocenters. The van der Waals surface area contributed by atoms with Crippen LogP contribution in [0.3, 0.4) is 0 Å². The number of nitrogens with zero attached hydrogens (tertiary/aromatic N) is 4. The molecule has 0 saturated carbocycles. The van der Waals surface area contributed by atoms with Crippen LogP contribution in [-0.4, -0.2) is 13.4 Å². The molecule has 0 N–H and O–H groups in total. The smallest absolute Gasteiger partial charge is 0.252 e. The summed E-state index contributed by atoms with van der Waals surface area (Å²) in [5.74, 6) is 3.09. The zero-order chi connectivity index (χ0) is 55.4. The van der Waals surface area contributed by atoms with Gasteiger partial charge in [-0.25, -0.2) is 0 Å². The molecule has 82 heavy (non-hydrogen) atoms. The zero-order valence-corrected chi connectivity index (χ0v) is 47.0. The fourth-order valence-corrected chi connectivity index (χ4v) is 13.2. The maximum atomic E-state index is 7.08. The number of hydrogen-bond donors (Lipinski definition) is 0. The van der Waals surface area contributed by atoms with Gasteiger partial charge in [0.2, 0.25) is 0 Å². The van der Waals surface area contributed by atoms with E-state index in [9.17, 15) is 0 Å². The van der Waals surface area contributed by atoms with E-state index >= 15 is 0 Å². The van der Waals surface area contributed by atoms with Gasteiger partial charge >= 0.3 is 0 Å². The largest absolute Gasteiger partial charge is 0.457 e. The van der Waals surface area contributed by atoms with Gasteiger partial charge in [0.25, 0.3) is 13.4 Å². The minimum absolute atomic E-state index is 0.00814. The summed E-state index contributed by atoms with van der Waals surface area (Å²) < 4.78 is 14.2. The van der Waals surface area contributed by atoms with Gasteiger partial charge in [-0.2, -0.15) is 0 Å². The van der Waals surface area contributed by atoms with Gasteiger partial charge in [-0.1, -0.05) is 181 Å². The highest BCUT2D eigenvalue weighted by atomic mass is 16.5. The summed E-state index contributed by atoms with van der Waals surface area (Å²) in [6.45, 7) is 13.2. The molecular weight excluding hydrogens is 998 g/mol. The van der Waals surface area contributed by atoms with Gasteiger partial charge in [-0.05, 0) is 146 Å². The first-order valence-electron chi connectivity index (χ1n) is 28.6. The summed E-state index contributed by atoms with van der Waals surface area (Å²) >= 11 is 0. The van der Waals surface area contributed by atoms with E-state index < -0.39 is 0 Å². The molecule has 0 aromatic heterocycles. The highest BCUT2D eigenvalue weighted by molar-refractivity contribution is 7.03. The predicted octanol–water partition coefficient (Wildman–Crippen LogP) is 16.0. The van der Waals surface area contributed by atoms with E-state index in [0.29, 0.717) is 0 Å². The van der Waals surface area contributed by atoms with Crippen molar-refractivity contribution >= 4 is 114 Å². The third-order valence-electron chi connectivity index (χ3n) is 17.0. The molecule has 15 rings (SSSR count). The summed E-state index contributed by atoms with van der Waals surface area (Å²) in [6.07, 6.45) is 0. The molecular formula is C74H60B2N4O2. The van der Waals surface area contributed by atoms with Crippen LogP contribution in [0.1, 0.15) is 52.7 Å². The lowest BCUT2D eigenvalue weighted by Crippen LogP contribution is -2.65. The summed E-state index contributed by atoms with van der Waals surface area (Å²) in [5.41, 5.74) is 23.0. The third kappa shape index (κ3) is 8.10. The van der Waals surface area contributed by atoms with E-state index in [1.54, 1.807) is 0 Å². The van der Waals surface area contributed by atoms with Gasteiger partial charge in [0.1, 0.15) is 23.0 Å². The Bertz CT molecular complexity index is 3990. The van der Waals surface area contributed by atoms with Crippen LogP contribution < -0.4 is 61.9 Å². The van der Waals surface area contributed by atoms with Crippen LogP contribution in [-0.2, 0) is 10.8 Å². The van der Waals surface area contributed by atoms with Crippen molar-refractivity contribution in [3.8, 4) is 23.0 Å². The number of hydrogen-bond acceptors (Lipinski definition) is 6. The second-order valence-electron chi connectivity index (χ2n) is 24.1. The number of fused-ring (bicyclic) bond motifs is 8. The van der Waals surface area contributed by atoms with Crippen molar-refractivity contribution in [2.75, 3.05) is 19.6 Å². The van der Waals surface area contributed by atoms with E-state index in [1.165, 1.54) is 43.9 Å². The molecule has 0 bridgehead atoms. The van der Waals surface area contributed by atoms with Gasteiger partial charge in [-0.3, -0.25) is 0 Å². The standard InChI is InChI=1S/C74H60B2N4O2/c1-73(2,3)49-35-39-55(40-36-49)81-57-43-67-71-69(45-57)79(53-27-15-9-16-28-53)65-48-66-62(47-61(65)75(71)59-31-19-21-33-63(59)77(67)51-23-11-7-12-24-51)76-60-32-20-22-34-64(60)78(52-25-13-8-14-26-52)68-44-58(82-56-41-37-50(38-42-56)74(4,5)6)46-70(72(68)76)80(66)54-29-17-10-18-30-54/h7-48H,1-6H3. The molecule has 0 fully saturated rings. The molecule has 4 aliphatic heterocycles. The lowest BCUT2D eigenvalue weighted by molar-refractivity contribution is 0.481. The first kappa shape index (κ1) is 49.4. The topological polar surface area (TPSA) is 31.4 Å². The second-order valence-corrected chi connectivity index (χ2v) is 24.1. The monoisotopic (exact) mass is 1060 g/mol. The molecule has 0 unspecified atom stereocenters. The molecule has 11 aromatic rings. The summed E-state index contributed by atoms with van der Waals surface area (Å²) in [5, 5.41) is 0. The van der Waals surface area contributed by atoms with Crippen molar-refractivity contribution in [1.29, 1.82) is 0 Å². The zero-order valence-electron chi connectivity index (χ0n) is 47.0. The Labute approximate surface area is 482 Å². The number of ether oxygens (including phenoxy) is 2. The fourth-order valence-electron chi connectivity index (χ4n) is 13.2. The predicted molar refractivity (Wildman–Crippen MR) is 345 cm³/mol. The van der Waals surface area contributed by atoms with E-state index in [4.69, 9.17) is 9.47 Å². The molecule has 11 aromatic carbocycles. The molecule has 394 valence electrons. The number of rotatable bonds is 8. The molecule has 0 amide bonds. The Hall–Kier alpha value is -9.65. The van der Waals surface area contributed by atoms with Crippen LogP contribution >= 0.6 is 0 Å². The lowest BCUT2D eigenvalue weighted by Gasteiger charge is -2.47. The van der Waals surface area contributed by atoms with E-state index in [1.807, 2.05) is 0 Å². The highest BCUT2D eigenvalue weighted by Gasteiger charge is 2.48. The van der Waals surface area contributed by atoms with Crippen LogP contribution in [0.15, 0.2) is 255 Å². The molecule has 4 heterocycles. The van der Waals surface area contributed by atoms with Gasteiger partial charge in [0, 0.05) is 92.5 Å². The summed E-state index contributed by atoms with van der Waals surface area (Å²) in [6, 6.07) is 92.8. The first-order valence-corrected chi connectivity index (χ1v) is 28.6. The number of benzene rings is 11. The molecule has 0 spiro atoms. The minimum atomic E-state index is -0.146. The Morgan fingerprint density at radius 1 is 0.256 bits per heavy atom. The molecule has 8 heteroatoms. The van der Waals surface area contributed by atoms with E-state index in [0.717, 1.165) is 91.2 Å². The maximum absolute atomic E-state index is 7.08. The molecule has 6 nitrogen and oxygen atoms in total. The third-order valence-corrected chi connectivity index (χ3v) is 17.0. The Morgan fingerprint density at radius 2 is 0.549 bits per heavy atom. The van der Waals surface area contributed by atoms with Gasteiger partial charge in [-0.15, -0.1) is 0 Å². The highest BCUT2D eigenvalue weighted by Crippen LogP contribution is 2.51. The normalized spacial score (nSPS) is 13.6. The van der Waals surface area contributed by atoms with Crippen LogP contribution in [0, 0.1) is 0 Å². The minimum Gasteiger partial charge on any atom is -0.457 e. The Morgan fingerprint density at radius 3 is 0.866 bits per heavy atom. The van der Waals surface area contributed by atoms with Crippen molar-refractivity contribution in [2.24, 2.45) is 0 Å². The van der Waals surface area contributed by atoms with Crippen molar-refractivity contribution < 1.29 is 9.47 Å². The van der Waals surface area contributed by atoms with E-state index in [2.05, 4.69) is 316 Å². The summed E-state index contributed by atoms with van der Waals surface area (Å²) in [4.78, 5) is 9.88. The molecule has 4 aliphatic rings. The second kappa shape index (κ2) is 19.0. The number of para-hydroxylation sites is 6. The van der Waals surface area contributed by atoms with Crippen LogP contribution in [0.4, 0.5) is 68.2 Å². The van der Waals surface area contributed by atoms with Crippen LogP contribution in [0.5, 0.6) is 23.0 Å². The van der Waals surface area contributed by atoms with Crippen LogP contribution in [0.25, 0.3) is 0 Å². The quantitative estimate of drug-likeness (QED) is 0.141. The molecule has 0 saturated heterocycles. The molecule has 0 aliphatic carbocycles.